The molecule has 90 valence electrons. The maximum absolute atomic E-state index is 12.1. The van der Waals surface area contributed by atoms with E-state index in [1.807, 2.05) is 26.0 Å². The van der Waals surface area contributed by atoms with Crippen LogP contribution in [-0.4, -0.2) is 14.3 Å². The number of nitrogens with zero attached hydrogens (tertiary/aromatic N) is 3. The Hall–Kier alpha value is -2.04. The molecule has 1 aromatic carbocycles. The lowest BCUT2D eigenvalue weighted by molar-refractivity contribution is 0.469. The van der Waals surface area contributed by atoms with Gasteiger partial charge in [0.15, 0.2) is 0 Å². The molecule has 1 aromatic heterocycles. The van der Waals surface area contributed by atoms with Crippen molar-refractivity contribution >= 4 is 5.69 Å². The van der Waals surface area contributed by atoms with Gasteiger partial charge in [-0.15, -0.1) is 0 Å². The van der Waals surface area contributed by atoms with Crippen LogP contribution in [0, 0.1) is 5.92 Å². The van der Waals surface area contributed by atoms with Gasteiger partial charge in [0.2, 0.25) is 0 Å². The van der Waals surface area contributed by atoms with Crippen molar-refractivity contribution in [2.24, 2.45) is 5.92 Å². The van der Waals surface area contributed by atoms with Crippen LogP contribution >= 0.6 is 0 Å². The lowest BCUT2D eigenvalue weighted by Gasteiger charge is -2.04. The van der Waals surface area contributed by atoms with E-state index in [9.17, 15) is 4.79 Å². The SMILES string of the molecule is CC(C)Cn1ncn(-c2ccccc2N)c1=O. The second kappa shape index (κ2) is 4.45. The van der Waals surface area contributed by atoms with Crippen LogP contribution in [0.1, 0.15) is 13.8 Å². The Morgan fingerprint density at radius 2 is 2.06 bits per heavy atom. The minimum absolute atomic E-state index is 0.156. The van der Waals surface area contributed by atoms with Gasteiger partial charge in [-0.05, 0) is 18.1 Å². The average molecular weight is 232 g/mol. The summed E-state index contributed by atoms with van der Waals surface area (Å²) < 4.78 is 2.93. The first-order chi connectivity index (χ1) is 8.09. The quantitative estimate of drug-likeness (QED) is 0.810. The van der Waals surface area contributed by atoms with Crippen molar-refractivity contribution in [3.63, 3.8) is 0 Å². The predicted molar refractivity (Wildman–Crippen MR) is 67.1 cm³/mol. The number of hydrogen-bond acceptors (Lipinski definition) is 3. The normalized spacial score (nSPS) is 11.0. The van der Waals surface area contributed by atoms with Gasteiger partial charge < -0.3 is 5.73 Å². The Kier molecular flexibility index (Phi) is 2.99. The fourth-order valence-corrected chi connectivity index (χ4v) is 1.68. The van der Waals surface area contributed by atoms with Crippen LogP contribution < -0.4 is 11.4 Å². The van der Waals surface area contributed by atoms with Gasteiger partial charge in [0.05, 0.1) is 11.4 Å². The highest BCUT2D eigenvalue weighted by Gasteiger charge is 2.09. The Morgan fingerprint density at radius 3 is 2.71 bits per heavy atom. The molecular formula is C12H16N4O. The summed E-state index contributed by atoms with van der Waals surface area (Å²) in [7, 11) is 0. The minimum atomic E-state index is -0.156. The van der Waals surface area contributed by atoms with Crippen LogP contribution in [0.3, 0.4) is 0 Å². The van der Waals surface area contributed by atoms with Gasteiger partial charge in [0, 0.05) is 6.54 Å². The summed E-state index contributed by atoms with van der Waals surface area (Å²) in [6.07, 6.45) is 1.51. The van der Waals surface area contributed by atoms with Crippen molar-refractivity contribution in [3.05, 3.63) is 41.1 Å². The van der Waals surface area contributed by atoms with Gasteiger partial charge in [-0.25, -0.2) is 14.0 Å². The zero-order chi connectivity index (χ0) is 12.4. The molecule has 0 saturated carbocycles. The smallest absolute Gasteiger partial charge is 0.350 e. The molecule has 0 unspecified atom stereocenters. The highest BCUT2D eigenvalue weighted by Crippen LogP contribution is 2.13. The third-order valence-corrected chi connectivity index (χ3v) is 2.47. The monoisotopic (exact) mass is 232 g/mol. The number of nitrogen functional groups attached to an aromatic ring is 1. The molecule has 17 heavy (non-hydrogen) atoms. The Balaban J connectivity index is 2.45. The number of anilines is 1. The van der Waals surface area contributed by atoms with Gasteiger partial charge in [-0.3, -0.25) is 0 Å². The van der Waals surface area contributed by atoms with E-state index >= 15 is 0 Å². The summed E-state index contributed by atoms with van der Waals surface area (Å²) in [5.41, 5.74) is 6.92. The van der Waals surface area contributed by atoms with Crippen LogP contribution in [0.4, 0.5) is 5.69 Å². The van der Waals surface area contributed by atoms with Gasteiger partial charge >= 0.3 is 5.69 Å². The highest BCUT2D eigenvalue weighted by molar-refractivity contribution is 5.57. The number of benzene rings is 1. The second-order valence-corrected chi connectivity index (χ2v) is 4.42. The topological polar surface area (TPSA) is 65.8 Å². The first-order valence-electron chi connectivity index (χ1n) is 5.59. The summed E-state index contributed by atoms with van der Waals surface area (Å²) in [4.78, 5) is 12.1. The number of hydrogen-bond donors (Lipinski definition) is 1. The highest BCUT2D eigenvalue weighted by atomic mass is 16.2. The molecule has 5 heteroatoms. The molecule has 0 radical (unpaired) electrons. The van der Waals surface area contributed by atoms with Crippen molar-refractivity contribution in [2.45, 2.75) is 20.4 Å². The third-order valence-electron chi connectivity index (χ3n) is 2.47. The van der Waals surface area contributed by atoms with E-state index in [1.165, 1.54) is 15.6 Å². The maximum atomic E-state index is 12.1. The Labute approximate surface area is 99.5 Å². The van der Waals surface area contributed by atoms with Crippen molar-refractivity contribution in [1.29, 1.82) is 0 Å². The first-order valence-corrected chi connectivity index (χ1v) is 5.59. The number of rotatable bonds is 3. The molecule has 2 aromatic rings. The second-order valence-electron chi connectivity index (χ2n) is 4.42. The molecule has 2 rings (SSSR count). The molecule has 0 aliphatic carbocycles. The van der Waals surface area contributed by atoms with Crippen LogP contribution in [0.5, 0.6) is 0 Å². The van der Waals surface area contributed by atoms with Crippen LogP contribution in [0.15, 0.2) is 35.4 Å². The summed E-state index contributed by atoms with van der Waals surface area (Å²) in [5, 5.41) is 4.08. The van der Waals surface area contributed by atoms with Crippen LogP contribution in [-0.2, 0) is 6.54 Å². The predicted octanol–water partition coefficient (Wildman–Crippen LogP) is 1.27. The summed E-state index contributed by atoms with van der Waals surface area (Å²) >= 11 is 0. The largest absolute Gasteiger partial charge is 0.397 e. The summed E-state index contributed by atoms with van der Waals surface area (Å²) in [5.74, 6) is 0.379. The number of nitrogens with two attached hydrogens (primary N) is 1. The lowest BCUT2D eigenvalue weighted by atomic mass is 10.2. The average Bonchev–Trinajstić information content (AvgIpc) is 2.61. The fourth-order valence-electron chi connectivity index (χ4n) is 1.68. The van der Waals surface area contributed by atoms with Gasteiger partial charge in [0.25, 0.3) is 0 Å². The molecule has 0 atom stereocenters. The Morgan fingerprint density at radius 1 is 1.35 bits per heavy atom. The number of aromatic nitrogens is 3. The minimum Gasteiger partial charge on any atom is -0.397 e. The standard InChI is InChI=1S/C12H16N4O/c1-9(2)7-16-12(17)15(8-14-16)11-6-4-3-5-10(11)13/h3-6,8-9H,7,13H2,1-2H3. The molecule has 0 spiro atoms. The molecule has 0 saturated heterocycles. The molecule has 5 nitrogen and oxygen atoms in total. The van der Waals surface area contributed by atoms with E-state index < -0.39 is 0 Å². The van der Waals surface area contributed by atoms with Crippen LogP contribution in [0.25, 0.3) is 5.69 Å². The molecule has 2 N–H and O–H groups in total. The third kappa shape index (κ3) is 2.22. The van der Waals surface area contributed by atoms with Gasteiger partial charge in [-0.2, -0.15) is 5.10 Å². The van der Waals surface area contributed by atoms with Crippen LogP contribution in [0.2, 0.25) is 0 Å². The van der Waals surface area contributed by atoms with Gasteiger partial charge in [-0.1, -0.05) is 26.0 Å². The zero-order valence-corrected chi connectivity index (χ0v) is 10.00. The van der Waals surface area contributed by atoms with E-state index in [0.717, 1.165) is 0 Å². The number of para-hydroxylation sites is 2. The molecule has 0 aliphatic rings. The molecule has 0 amide bonds. The summed E-state index contributed by atoms with van der Waals surface area (Å²) in [6.45, 7) is 4.70. The summed E-state index contributed by atoms with van der Waals surface area (Å²) in [6, 6.07) is 7.25. The molecule has 1 heterocycles. The first kappa shape index (κ1) is 11.4. The Bertz CT molecular complexity index is 568. The van der Waals surface area contributed by atoms with E-state index in [-0.39, 0.29) is 5.69 Å². The fraction of sp³-hybridized carbons (Fsp3) is 0.333. The van der Waals surface area contributed by atoms with E-state index in [2.05, 4.69) is 5.10 Å². The molecular weight excluding hydrogens is 216 g/mol. The van der Waals surface area contributed by atoms with E-state index in [4.69, 9.17) is 5.73 Å². The van der Waals surface area contributed by atoms with Crippen molar-refractivity contribution in [3.8, 4) is 5.69 Å². The van der Waals surface area contributed by atoms with Crippen molar-refractivity contribution in [1.82, 2.24) is 14.3 Å². The lowest BCUT2D eigenvalue weighted by Crippen LogP contribution is -2.26. The van der Waals surface area contributed by atoms with E-state index in [0.29, 0.717) is 23.8 Å². The molecule has 0 bridgehead atoms. The van der Waals surface area contributed by atoms with Crippen molar-refractivity contribution < 1.29 is 0 Å². The molecule has 0 aliphatic heterocycles. The van der Waals surface area contributed by atoms with Gasteiger partial charge in [0.1, 0.15) is 6.33 Å². The van der Waals surface area contributed by atoms with E-state index in [1.54, 1.807) is 12.1 Å². The van der Waals surface area contributed by atoms with Crippen molar-refractivity contribution in [2.75, 3.05) is 5.73 Å². The zero-order valence-electron chi connectivity index (χ0n) is 10.00. The maximum Gasteiger partial charge on any atom is 0.350 e. The molecule has 0 fully saturated rings.